The van der Waals surface area contributed by atoms with Crippen molar-refractivity contribution in [1.29, 1.82) is 0 Å². The fourth-order valence-electron chi connectivity index (χ4n) is 3.72. The van der Waals surface area contributed by atoms with Gasteiger partial charge in [0, 0.05) is 16.0 Å². The average Bonchev–Trinajstić information content (AvgIpc) is 3.28. The van der Waals surface area contributed by atoms with Gasteiger partial charge in [-0.05, 0) is 53.5 Å². The first-order valence-corrected chi connectivity index (χ1v) is 11.3. The molecule has 0 unspecified atom stereocenters. The van der Waals surface area contributed by atoms with Crippen molar-refractivity contribution in [2.75, 3.05) is 5.32 Å². The molecule has 0 bridgehead atoms. The number of benzene rings is 4. The maximum atomic E-state index is 13.2. The minimum atomic E-state index is -1.35. The van der Waals surface area contributed by atoms with Gasteiger partial charge in [-0.3, -0.25) is 4.79 Å². The molecule has 1 amide bonds. The third kappa shape index (κ3) is 4.32. The number of aromatic nitrogens is 1. The van der Waals surface area contributed by atoms with Gasteiger partial charge in [0.1, 0.15) is 11.3 Å². The van der Waals surface area contributed by atoms with Crippen LogP contribution < -0.4 is 5.32 Å². The summed E-state index contributed by atoms with van der Waals surface area (Å²) in [6.07, 6.45) is 0. The van der Waals surface area contributed by atoms with Crippen LogP contribution in [0.1, 0.15) is 31.1 Å². The molecule has 0 aliphatic rings. The number of carboxylic acid groups (broad SMARTS) is 2. The van der Waals surface area contributed by atoms with Crippen LogP contribution in [0.2, 0.25) is 0 Å². The van der Waals surface area contributed by atoms with Gasteiger partial charge in [0.15, 0.2) is 5.58 Å². The van der Waals surface area contributed by atoms with E-state index in [2.05, 4.69) is 10.3 Å². The molecule has 1 aromatic heterocycles. The molecule has 0 saturated heterocycles. The number of carbonyl (C=O) groups is 3. The summed E-state index contributed by atoms with van der Waals surface area (Å²) < 4.78 is 5.80. The molecule has 178 valence electrons. The van der Waals surface area contributed by atoms with Crippen LogP contribution in [-0.2, 0) is 0 Å². The van der Waals surface area contributed by atoms with Crippen LogP contribution in [0.4, 0.5) is 5.69 Å². The number of carboxylic acids is 2. The third-order valence-electron chi connectivity index (χ3n) is 5.38. The minimum Gasteiger partial charge on any atom is -0.506 e. The number of rotatable bonds is 6. The van der Waals surface area contributed by atoms with Gasteiger partial charge in [-0.15, -0.1) is 0 Å². The summed E-state index contributed by atoms with van der Waals surface area (Å²) in [5.41, 5.74) is 0.533. The summed E-state index contributed by atoms with van der Waals surface area (Å²) in [6, 6.07) is 19.0. The third-order valence-corrected chi connectivity index (χ3v) is 6.29. The first-order chi connectivity index (χ1) is 17.3. The number of hydrogen-bond acceptors (Lipinski definition) is 7. The molecule has 9 nitrogen and oxygen atoms in total. The second-order valence-electron chi connectivity index (χ2n) is 7.73. The minimum absolute atomic E-state index is 0.0435. The maximum Gasteiger partial charge on any atom is 0.335 e. The number of nitrogens with one attached hydrogen (secondary N) is 1. The number of anilines is 1. The Bertz CT molecular complexity index is 1630. The van der Waals surface area contributed by atoms with Crippen molar-refractivity contribution >= 4 is 57.2 Å². The lowest BCUT2D eigenvalue weighted by molar-refractivity contribution is 0.0696. The van der Waals surface area contributed by atoms with Gasteiger partial charge in [0.05, 0.1) is 16.7 Å². The number of fused-ring (bicyclic) bond motifs is 2. The highest BCUT2D eigenvalue weighted by Gasteiger charge is 2.20. The van der Waals surface area contributed by atoms with Gasteiger partial charge in [-0.25, -0.2) is 14.6 Å². The zero-order chi connectivity index (χ0) is 25.4. The lowest BCUT2D eigenvalue weighted by Crippen LogP contribution is -2.14. The number of carbonyl (C=O) groups excluding carboxylic acids is 1. The molecule has 0 aliphatic heterocycles. The molecule has 0 fully saturated rings. The number of phenolic OH excluding ortho intramolecular Hbond substituents is 1. The average molecular weight is 500 g/mol. The highest BCUT2D eigenvalue weighted by Crippen LogP contribution is 2.40. The van der Waals surface area contributed by atoms with Crippen molar-refractivity contribution in [3.8, 4) is 5.75 Å². The molecule has 5 rings (SSSR count). The molecular weight excluding hydrogens is 484 g/mol. The van der Waals surface area contributed by atoms with Crippen LogP contribution in [0.25, 0.3) is 21.9 Å². The molecular formula is C26H16N2O7S. The molecule has 0 saturated carbocycles. The van der Waals surface area contributed by atoms with E-state index < -0.39 is 17.8 Å². The van der Waals surface area contributed by atoms with Crippen molar-refractivity contribution < 1.29 is 34.1 Å². The van der Waals surface area contributed by atoms with E-state index in [-0.39, 0.29) is 28.1 Å². The maximum absolute atomic E-state index is 13.2. The van der Waals surface area contributed by atoms with Gasteiger partial charge < -0.3 is 25.1 Å². The second kappa shape index (κ2) is 9.08. The van der Waals surface area contributed by atoms with Crippen LogP contribution >= 0.6 is 11.8 Å². The van der Waals surface area contributed by atoms with E-state index in [0.717, 1.165) is 18.2 Å². The summed E-state index contributed by atoms with van der Waals surface area (Å²) in [5.74, 6) is -3.73. The van der Waals surface area contributed by atoms with E-state index in [0.29, 0.717) is 32.0 Å². The smallest absolute Gasteiger partial charge is 0.335 e. The van der Waals surface area contributed by atoms with E-state index in [1.54, 1.807) is 30.3 Å². The lowest BCUT2D eigenvalue weighted by atomic mass is 10.0. The van der Waals surface area contributed by atoms with Crippen molar-refractivity contribution in [2.24, 2.45) is 0 Å². The Labute approximate surface area is 207 Å². The molecule has 4 aromatic carbocycles. The van der Waals surface area contributed by atoms with Gasteiger partial charge in [0.2, 0.25) is 0 Å². The van der Waals surface area contributed by atoms with E-state index in [1.165, 1.54) is 17.8 Å². The fraction of sp³-hybridized carbons (Fsp3) is 0. The molecule has 36 heavy (non-hydrogen) atoms. The number of amides is 1. The number of nitrogens with zero attached hydrogens (tertiary/aromatic N) is 1. The molecule has 4 N–H and O–H groups in total. The highest BCUT2D eigenvalue weighted by molar-refractivity contribution is 7.99. The van der Waals surface area contributed by atoms with E-state index >= 15 is 0 Å². The summed E-state index contributed by atoms with van der Waals surface area (Å²) in [6.45, 7) is 0. The Kier molecular flexibility index (Phi) is 5.79. The van der Waals surface area contributed by atoms with Crippen LogP contribution in [-0.4, -0.2) is 38.1 Å². The first-order valence-electron chi connectivity index (χ1n) is 10.5. The molecule has 0 atom stereocenters. The number of para-hydroxylation sites is 2. The molecule has 5 aromatic rings. The Morgan fingerprint density at radius 3 is 2.14 bits per heavy atom. The summed E-state index contributed by atoms with van der Waals surface area (Å²) in [4.78, 5) is 41.0. The second-order valence-corrected chi connectivity index (χ2v) is 8.72. The molecule has 0 spiro atoms. The number of oxazole rings is 1. The summed E-state index contributed by atoms with van der Waals surface area (Å²) >= 11 is 1.18. The van der Waals surface area contributed by atoms with Crippen LogP contribution in [0.3, 0.4) is 0 Å². The van der Waals surface area contributed by atoms with Crippen LogP contribution in [0.15, 0.2) is 87.3 Å². The Balaban J connectivity index is 1.56. The predicted octanol–water partition coefficient (Wildman–Crippen LogP) is 5.49. The van der Waals surface area contributed by atoms with Gasteiger partial charge in [-0.1, -0.05) is 36.4 Å². The first kappa shape index (κ1) is 22.9. The quantitative estimate of drug-likeness (QED) is 0.237. The van der Waals surface area contributed by atoms with E-state index in [4.69, 9.17) is 4.42 Å². The Morgan fingerprint density at radius 1 is 0.833 bits per heavy atom. The lowest BCUT2D eigenvalue weighted by Gasteiger charge is -2.13. The van der Waals surface area contributed by atoms with Gasteiger partial charge >= 0.3 is 11.9 Å². The molecule has 10 heteroatoms. The van der Waals surface area contributed by atoms with Crippen molar-refractivity contribution in [3.63, 3.8) is 0 Å². The SMILES string of the molecule is O=C(O)c1cc(NC(=O)c2cc(Sc3nc4ccccc4o3)c3ccccc3c2O)cc(C(=O)O)c1. The number of aromatic carboxylic acids is 2. The van der Waals surface area contributed by atoms with Gasteiger partial charge in [0.25, 0.3) is 11.1 Å². The molecule has 0 radical (unpaired) electrons. The van der Waals surface area contributed by atoms with Crippen molar-refractivity contribution in [3.05, 3.63) is 89.5 Å². The molecule has 0 aliphatic carbocycles. The largest absolute Gasteiger partial charge is 0.506 e. The summed E-state index contributed by atoms with van der Waals surface area (Å²) in [5, 5.41) is 33.4. The van der Waals surface area contributed by atoms with Crippen LogP contribution in [0, 0.1) is 0 Å². The van der Waals surface area contributed by atoms with Crippen molar-refractivity contribution in [1.82, 2.24) is 4.98 Å². The topological polar surface area (TPSA) is 150 Å². The predicted molar refractivity (Wildman–Crippen MR) is 132 cm³/mol. The normalized spacial score (nSPS) is 11.0. The molecule has 1 heterocycles. The zero-order valence-corrected chi connectivity index (χ0v) is 19.1. The zero-order valence-electron chi connectivity index (χ0n) is 18.3. The number of phenols is 1. The number of aromatic hydroxyl groups is 1. The highest BCUT2D eigenvalue weighted by atomic mass is 32.2. The Hall–Kier alpha value is -4.83. The standard InChI is InChI=1S/C26H16N2O7S/c29-22-17-6-2-1-5-16(17)21(36-26-28-19-7-3-4-8-20(19)35-26)12-18(22)23(30)27-15-10-13(24(31)32)9-14(11-15)25(33)34/h1-12,29H,(H,27,30)(H,31,32)(H,33,34). The summed E-state index contributed by atoms with van der Waals surface area (Å²) in [7, 11) is 0. The van der Waals surface area contributed by atoms with Gasteiger partial charge in [-0.2, -0.15) is 0 Å². The monoisotopic (exact) mass is 500 g/mol. The van der Waals surface area contributed by atoms with E-state index in [9.17, 15) is 29.7 Å². The number of hydrogen-bond donors (Lipinski definition) is 4. The van der Waals surface area contributed by atoms with E-state index in [1.807, 2.05) is 18.2 Å². The van der Waals surface area contributed by atoms with Crippen molar-refractivity contribution in [2.45, 2.75) is 10.1 Å². The van der Waals surface area contributed by atoms with Crippen LogP contribution in [0.5, 0.6) is 5.75 Å². The Morgan fingerprint density at radius 2 is 1.47 bits per heavy atom. The fourth-order valence-corrected chi connectivity index (χ4v) is 4.65.